The summed E-state index contributed by atoms with van der Waals surface area (Å²) in [4.78, 5) is 24.3. The highest BCUT2D eigenvalue weighted by molar-refractivity contribution is 6.06. The van der Waals surface area contributed by atoms with Crippen molar-refractivity contribution in [1.82, 2.24) is 20.2 Å². The van der Waals surface area contributed by atoms with Crippen LogP contribution >= 0.6 is 0 Å². The number of hydrogen-bond donors (Lipinski definition) is 2. The number of aliphatic hydroxyl groups excluding tert-OH is 1. The Morgan fingerprint density at radius 2 is 2.03 bits per heavy atom. The first-order valence-electron chi connectivity index (χ1n) is 11.2. The van der Waals surface area contributed by atoms with Crippen molar-refractivity contribution in [2.24, 2.45) is 0 Å². The summed E-state index contributed by atoms with van der Waals surface area (Å²) in [6.07, 6.45) is 1.58. The maximum atomic E-state index is 12.8. The molecule has 168 valence electrons. The van der Waals surface area contributed by atoms with E-state index in [0.717, 1.165) is 40.6 Å². The van der Waals surface area contributed by atoms with Gasteiger partial charge in [0.2, 0.25) is 0 Å². The summed E-state index contributed by atoms with van der Waals surface area (Å²) >= 11 is 0. The second kappa shape index (κ2) is 9.62. The van der Waals surface area contributed by atoms with Gasteiger partial charge in [0.15, 0.2) is 0 Å². The average molecular weight is 443 g/mol. The van der Waals surface area contributed by atoms with Crippen molar-refractivity contribution in [1.29, 1.82) is 0 Å². The lowest BCUT2D eigenvalue weighted by Crippen LogP contribution is -2.38. The van der Waals surface area contributed by atoms with Crippen LogP contribution in [0.5, 0.6) is 0 Å². The van der Waals surface area contributed by atoms with E-state index in [4.69, 9.17) is 14.8 Å². The topological polar surface area (TPSA) is 87.6 Å². The number of aliphatic hydroxyl groups is 1. The van der Waals surface area contributed by atoms with E-state index in [-0.39, 0.29) is 25.2 Å². The Labute approximate surface area is 192 Å². The first kappa shape index (κ1) is 21.5. The maximum absolute atomic E-state index is 12.8. The van der Waals surface area contributed by atoms with Gasteiger partial charge in [0.25, 0.3) is 5.91 Å². The van der Waals surface area contributed by atoms with Gasteiger partial charge in [-0.25, -0.2) is 4.98 Å². The van der Waals surface area contributed by atoms with Crippen LogP contribution in [-0.2, 0) is 11.3 Å². The summed E-state index contributed by atoms with van der Waals surface area (Å²) in [5.74, 6) is -0.221. The van der Waals surface area contributed by atoms with Gasteiger partial charge in [-0.3, -0.25) is 14.7 Å². The third-order valence-corrected chi connectivity index (χ3v) is 5.93. The van der Waals surface area contributed by atoms with Gasteiger partial charge in [0.1, 0.15) is 6.10 Å². The summed E-state index contributed by atoms with van der Waals surface area (Å²) in [6.45, 7) is 3.03. The van der Waals surface area contributed by atoms with E-state index in [1.807, 2.05) is 42.6 Å². The standard InChI is InChI=1S/C26H26N4O3/c31-12-10-28-26(32)21-15-24(29-23-6-2-1-5-20(21)23)25-17-30(11-13-33-25)16-18-7-8-22-19(14-18)4-3-9-27-22/h1-9,14-15,25,31H,10-13,16-17H2,(H,28,32)/t25-/m1/s1. The van der Waals surface area contributed by atoms with E-state index in [1.54, 1.807) is 0 Å². The van der Waals surface area contributed by atoms with E-state index in [0.29, 0.717) is 18.7 Å². The highest BCUT2D eigenvalue weighted by Crippen LogP contribution is 2.27. The molecule has 0 saturated carbocycles. The van der Waals surface area contributed by atoms with Crippen molar-refractivity contribution in [3.05, 3.63) is 83.7 Å². The lowest BCUT2D eigenvalue weighted by molar-refractivity contribution is -0.0348. The van der Waals surface area contributed by atoms with E-state index in [1.165, 1.54) is 5.56 Å². The van der Waals surface area contributed by atoms with Crippen LogP contribution in [-0.4, -0.2) is 58.7 Å². The molecule has 7 heteroatoms. The van der Waals surface area contributed by atoms with Gasteiger partial charge in [-0.15, -0.1) is 0 Å². The number of rotatable bonds is 6. The SMILES string of the molecule is O=C(NCCO)c1cc([C@H]2CN(Cc3ccc4ncccc4c3)CCO2)nc2ccccc12. The smallest absolute Gasteiger partial charge is 0.252 e. The van der Waals surface area contributed by atoms with E-state index < -0.39 is 0 Å². The molecule has 4 aromatic rings. The fourth-order valence-electron chi connectivity index (χ4n) is 4.32. The molecule has 1 saturated heterocycles. The van der Waals surface area contributed by atoms with Gasteiger partial charge in [-0.1, -0.05) is 30.3 Å². The normalized spacial score (nSPS) is 16.8. The Hall–Kier alpha value is -3.39. The molecule has 33 heavy (non-hydrogen) atoms. The highest BCUT2D eigenvalue weighted by Gasteiger charge is 2.25. The number of para-hydroxylation sites is 1. The molecule has 0 spiro atoms. The van der Waals surface area contributed by atoms with Crippen molar-refractivity contribution in [2.45, 2.75) is 12.6 Å². The lowest BCUT2D eigenvalue weighted by atomic mass is 10.0. The molecule has 0 bridgehead atoms. The van der Waals surface area contributed by atoms with Gasteiger partial charge >= 0.3 is 0 Å². The Balaban J connectivity index is 1.39. The van der Waals surface area contributed by atoms with Gasteiger partial charge < -0.3 is 15.2 Å². The van der Waals surface area contributed by atoms with Crippen LogP contribution in [0.1, 0.15) is 27.7 Å². The minimum absolute atomic E-state index is 0.104. The third kappa shape index (κ3) is 4.71. The lowest BCUT2D eigenvalue weighted by Gasteiger charge is -2.33. The number of aromatic nitrogens is 2. The molecular weight excluding hydrogens is 416 g/mol. The molecule has 7 nitrogen and oxygen atoms in total. The van der Waals surface area contributed by atoms with Crippen LogP contribution in [0.2, 0.25) is 0 Å². The molecule has 1 amide bonds. The van der Waals surface area contributed by atoms with Gasteiger partial charge in [0, 0.05) is 43.1 Å². The number of fused-ring (bicyclic) bond motifs is 2. The van der Waals surface area contributed by atoms with Crippen molar-refractivity contribution >= 4 is 27.7 Å². The van der Waals surface area contributed by atoms with Crippen LogP contribution in [0.15, 0.2) is 66.9 Å². The number of morpholine rings is 1. The minimum Gasteiger partial charge on any atom is -0.395 e. The fourth-order valence-corrected chi connectivity index (χ4v) is 4.32. The van der Waals surface area contributed by atoms with Crippen molar-refractivity contribution in [3.8, 4) is 0 Å². The van der Waals surface area contributed by atoms with E-state index >= 15 is 0 Å². The molecular formula is C26H26N4O3. The number of carbonyl (C=O) groups excluding carboxylic acids is 1. The molecule has 1 atom stereocenters. The van der Waals surface area contributed by atoms with Crippen LogP contribution in [0.3, 0.4) is 0 Å². The molecule has 0 aliphatic carbocycles. The number of ether oxygens (including phenoxy) is 1. The average Bonchev–Trinajstić information content (AvgIpc) is 2.86. The Morgan fingerprint density at radius 1 is 1.12 bits per heavy atom. The number of nitrogens with zero attached hydrogens (tertiary/aromatic N) is 3. The number of carbonyl (C=O) groups is 1. The first-order chi connectivity index (χ1) is 16.2. The molecule has 0 radical (unpaired) electrons. The number of hydrogen-bond acceptors (Lipinski definition) is 6. The van der Waals surface area contributed by atoms with Crippen LogP contribution in [0.4, 0.5) is 0 Å². The first-order valence-corrected chi connectivity index (χ1v) is 11.2. The Morgan fingerprint density at radius 3 is 2.94 bits per heavy atom. The summed E-state index contributed by atoms with van der Waals surface area (Å²) in [5, 5.41) is 13.8. The minimum atomic E-state index is -0.227. The molecule has 1 aliphatic rings. The Kier molecular flexibility index (Phi) is 6.26. The molecule has 5 rings (SSSR count). The number of amides is 1. The highest BCUT2D eigenvalue weighted by atomic mass is 16.5. The zero-order chi connectivity index (χ0) is 22.6. The van der Waals surface area contributed by atoms with Crippen LogP contribution < -0.4 is 5.32 Å². The predicted molar refractivity (Wildman–Crippen MR) is 127 cm³/mol. The summed E-state index contributed by atoms with van der Waals surface area (Å²) in [5.41, 5.74) is 4.27. The quantitative estimate of drug-likeness (QED) is 0.477. The van der Waals surface area contributed by atoms with Crippen molar-refractivity contribution < 1.29 is 14.6 Å². The number of pyridine rings is 2. The zero-order valence-electron chi connectivity index (χ0n) is 18.3. The summed E-state index contributed by atoms with van der Waals surface area (Å²) < 4.78 is 6.08. The second-order valence-corrected chi connectivity index (χ2v) is 8.22. The Bertz CT molecular complexity index is 1290. The van der Waals surface area contributed by atoms with Gasteiger partial charge in [-0.2, -0.15) is 0 Å². The number of benzene rings is 2. The second-order valence-electron chi connectivity index (χ2n) is 8.22. The van der Waals surface area contributed by atoms with Crippen molar-refractivity contribution in [3.63, 3.8) is 0 Å². The number of nitrogens with one attached hydrogen (secondary N) is 1. The molecule has 0 unspecified atom stereocenters. The molecule has 2 N–H and O–H groups in total. The molecule has 3 heterocycles. The maximum Gasteiger partial charge on any atom is 0.252 e. The molecule has 1 aliphatic heterocycles. The van der Waals surface area contributed by atoms with Crippen molar-refractivity contribution in [2.75, 3.05) is 32.8 Å². The zero-order valence-corrected chi connectivity index (χ0v) is 18.3. The van der Waals surface area contributed by atoms with Crippen LogP contribution in [0.25, 0.3) is 21.8 Å². The van der Waals surface area contributed by atoms with E-state index in [2.05, 4.69) is 39.5 Å². The third-order valence-electron chi connectivity index (χ3n) is 5.93. The fraction of sp³-hybridized carbons (Fsp3) is 0.269. The summed E-state index contributed by atoms with van der Waals surface area (Å²) in [7, 11) is 0. The molecule has 2 aromatic heterocycles. The predicted octanol–water partition coefficient (Wildman–Crippen LogP) is 3.08. The van der Waals surface area contributed by atoms with Gasteiger partial charge in [0.05, 0.1) is 35.5 Å². The largest absolute Gasteiger partial charge is 0.395 e. The van der Waals surface area contributed by atoms with Crippen LogP contribution in [0, 0.1) is 0 Å². The monoisotopic (exact) mass is 442 g/mol. The van der Waals surface area contributed by atoms with Gasteiger partial charge in [-0.05, 0) is 35.9 Å². The van der Waals surface area contributed by atoms with E-state index in [9.17, 15) is 4.79 Å². The molecule has 1 fully saturated rings. The molecule has 2 aromatic carbocycles. The summed E-state index contributed by atoms with van der Waals surface area (Å²) in [6, 6.07) is 19.8.